The first-order valence-corrected chi connectivity index (χ1v) is 10.1. The van der Waals surface area contributed by atoms with Gasteiger partial charge >= 0.3 is 5.97 Å². The molecule has 1 heterocycles. The molecule has 1 aromatic heterocycles. The van der Waals surface area contributed by atoms with Crippen LogP contribution in [0.4, 0.5) is 0 Å². The summed E-state index contributed by atoms with van der Waals surface area (Å²) in [6.07, 6.45) is 5.97. The Bertz CT molecular complexity index is 719. The van der Waals surface area contributed by atoms with E-state index in [1.807, 2.05) is 0 Å². The molecule has 4 heteroatoms. The van der Waals surface area contributed by atoms with Gasteiger partial charge in [-0.05, 0) is 54.1 Å². The second kappa shape index (κ2) is 5.60. The number of ether oxygens (including phenoxy) is 1. The van der Waals surface area contributed by atoms with E-state index in [0.717, 1.165) is 37.9 Å². The Morgan fingerprint density at radius 2 is 2.04 bits per heavy atom. The largest absolute Gasteiger partial charge is 0.469 e. The number of hydrogen-bond donors (Lipinski definition) is 1. The van der Waals surface area contributed by atoms with Crippen molar-refractivity contribution < 1.29 is 19.1 Å². The van der Waals surface area contributed by atoms with Gasteiger partial charge in [-0.15, -0.1) is 0 Å². The number of carbonyl (C=O) groups excluding carboxylic acids is 1. The van der Waals surface area contributed by atoms with E-state index in [2.05, 4.69) is 33.8 Å². The summed E-state index contributed by atoms with van der Waals surface area (Å²) in [6.45, 7) is 10.2. The second-order valence-corrected chi connectivity index (χ2v) is 9.82. The van der Waals surface area contributed by atoms with E-state index in [-0.39, 0.29) is 16.8 Å². The van der Waals surface area contributed by atoms with Crippen LogP contribution in [0.2, 0.25) is 0 Å². The van der Waals surface area contributed by atoms with E-state index in [0.29, 0.717) is 17.8 Å². The van der Waals surface area contributed by atoms with Crippen molar-refractivity contribution >= 4 is 5.97 Å². The fourth-order valence-corrected chi connectivity index (χ4v) is 6.99. The SMILES string of the molecule is CC(=O)O[C@@H]1C[C@H]2[C@@H](C)c3ccoc3C[C@@H]2[C@@]2(C)CCCC(C)(C)[C@]12O. The van der Waals surface area contributed by atoms with Crippen LogP contribution in [0.1, 0.15) is 77.5 Å². The van der Waals surface area contributed by atoms with Gasteiger partial charge in [-0.25, -0.2) is 0 Å². The molecule has 1 aromatic rings. The molecule has 3 aliphatic rings. The average Bonchev–Trinajstić information content (AvgIpc) is 3.01. The van der Waals surface area contributed by atoms with Crippen molar-refractivity contribution in [2.45, 2.75) is 84.3 Å². The molecule has 0 bridgehead atoms. The molecule has 0 aromatic carbocycles. The number of esters is 1. The van der Waals surface area contributed by atoms with Gasteiger partial charge in [0.1, 0.15) is 17.5 Å². The Morgan fingerprint density at radius 1 is 1.31 bits per heavy atom. The zero-order chi connectivity index (χ0) is 18.9. The maximum atomic E-state index is 12.2. The first kappa shape index (κ1) is 18.1. The Hall–Kier alpha value is -1.29. The Labute approximate surface area is 156 Å². The molecule has 0 unspecified atom stereocenters. The van der Waals surface area contributed by atoms with Gasteiger partial charge in [0.2, 0.25) is 0 Å². The lowest BCUT2D eigenvalue weighted by Crippen LogP contribution is -2.72. The summed E-state index contributed by atoms with van der Waals surface area (Å²) in [5, 5.41) is 12.2. The summed E-state index contributed by atoms with van der Waals surface area (Å²) in [5.74, 6) is 1.87. The van der Waals surface area contributed by atoms with Crippen LogP contribution in [0.3, 0.4) is 0 Å². The number of hydrogen-bond acceptors (Lipinski definition) is 4. The topological polar surface area (TPSA) is 59.7 Å². The van der Waals surface area contributed by atoms with Crippen molar-refractivity contribution in [2.75, 3.05) is 0 Å². The van der Waals surface area contributed by atoms with E-state index in [1.54, 1.807) is 6.26 Å². The number of fused-ring (bicyclic) bond motifs is 4. The van der Waals surface area contributed by atoms with E-state index >= 15 is 0 Å². The summed E-state index contributed by atoms with van der Waals surface area (Å²) in [4.78, 5) is 11.9. The second-order valence-electron chi connectivity index (χ2n) is 9.82. The summed E-state index contributed by atoms with van der Waals surface area (Å²) in [7, 11) is 0. The van der Waals surface area contributed by atoms with Crippen LogP contribution < -0.4 is 0 Å². The van der Waals surface area contributed by atoms with Gasteiger partial charge in [0.25, 0.3) is 0 Å². The van der Waals surface area contributed by atoms with Crippen molar-refractivity contribution in [1.29, 1.82) is 0 Å². The van der Waals surface area contributed by atoms with Gasteiger partial charge in [0.05, 0.1) is 6.26 Å². The number of aliphatic hydroxyl groups is 1. The summed E-state index contributed by atoms with van der Waals surface area (Å²) in [5.41, 5.74) is -0.319. The lowest BCUT2D eigenvalue weighted by Gasteiger charge is -2.67. The molecule has 0 aliphatic heterocycles. The van der Waals surface area contributed by atoms with Gasteiger partial charge in [0, 0.05) is 18.8 Å². The van der Waals surface area contributed by atoms with Crippen LogP contribution in [0.15, 0.2) is 16.7 Å². The van der Waals surface area contributed by atoms with E-state index in [9.17, 15) is 9.90 Å². The van der Waals surface area contributed by atoms with E-state index in [4.69, 9.17) is 9.15 Å². The molecule has 0 radical (unpaired) electrons. The quantitative estimate of drug-likeness (QED) is 0.752. The van der Waals surface area contributed by atoms with Gasteiger partial charge in [-0.2, -0.15) is 0 Å². The number of rotatable bonds is 1. The van der Waals surface area contributed by atoms with Crippen LogP contribution in [-0.2, 0) is 16.0 Å². The Kier molecular flexibility index (Phi) is 3.90. The molecular formula is C22H32O4. The van der Waals surface area contributed by atoms with Crippen molar-refractivity contribution in [3.05, 3.63) is 23.7 Å². The first-order chi connectivity index (χ1) is 12.1. The molecular weight excluding hydrogens is 328 g/mol. The zero-order valence-corrected chi connectivity index (χ0v) is 16.7. The number of furan rings is 1. The maximum Gasteiger partial charge on any atom is 0.303 e. The minimum Gasteiger partial charge on any atom is -0.469 e. The molecule has 3 aliphatic carbocycles. The third-order valence-corrected chi connectivity index (χ3v) is 8.31. The summed E-state index contributed by atoms with van der Waals surface area (Å²) < 4.78 is 11.6. The van der Waals surface area contributed by atoms with Crippen LogP contribution >= 0.6 is 0 Å². The minimum absolute atomic E-state index is 0.293. The molecule has 4 nitrogen and oxygen atoms in total. The van der Waals surface area contributed by atoms with Gasteiger partial charge in [0.15, 0.2) is 0 Å². The Morgan fingerprint density at radius 3 is 2.73 bits per heavy atom. The zero-order valence-electron chi connectivity index (χ0n) is 16.7. The van der Waals surface area contributed by atoms with Gasteiger partial charge in [-0.1, -0.05) is 34.1 Å². The van der Waals surface area contributed by atoms with E-state index in [1.165, 1.54) is 12.5 Å². The summed E-state index contributed by atoms with van der Waals surface area (Å²) in [6, 6.07) is 2.09. The van der Waals surface area contributed by atoms with Gasteiger partial charge in [-0.3, -0.25) is 4.79 Å². The molecule has 6 atom stereocenters. The highest BCUT2D eigenvalue weighted by molar-refractivity contribution is 5.66. The predicted molar refractivity (Wildman–Crippen MR) is 98.7 cm³/mol. The average molecular weight is 360 g/mol. The molecule has 2 saturated carbocycles. The Balaban J connectivity index is 1.85. The first-order valence-electron chi connectivity index (χ1n) is 10.1. The van der Waals surface area contributed by atoms with Crippen molar-refractivity contribution in [2.24, 2.45) is 22.7 Å². The predicted octanol–water partition coefficient (Wildman–Crippen LogP) is 4.45. The van der Waals surface area contributed by atoms with Crippen molar-refractivity contribution in [3.63, 3.8) is 0 Å². The van der Waals surface area contributed by atoms with Crippen LogP contribution in [0.25, 0.3) is 0 Å². The molecule has 0 spiro atoms. The van der Waals surface area contributed by atoms with Crippen molar-refractivity contribution in [1.82, 2.24) is 0 Å². The molecule has 0 saturated heterocycles. The monoisotopic (exact) mass is 360 g/mol. The standard InChI is InChI=1S/C22H32O4/c1-13-15-7-10-25-18(15)12-17-16(13)11-19(26-14(2)23)22(24)20(3,4)8-6-9-21(17,22)5/h7,10,13,16-17,19,24H,6,8-9,11-12H2,1-5H3/t13-,16-,17-,19+,21+,22+/m0/s1. The van der Waals surface area contributed by atoms with E-state index < -0.39 is 11.7 Å². The fraction of sp³-hybridized carbons (Fsp3) is 0.773. The number of carbonyl (C=O) groups is 1. The molecule has 0 amide bonds. The lowest BCUT2D eigenvalue weighted by atomic mass is 9.40. The molecule has 144 valence electrons. The molecule has 2 fully saturated rings. The van der Waals surface area contributed by atoms with Crippen LogP contribution in [0, 0.1) is 22.7 Å². The van der Waals surface area contributed by atoms with Crippen molar-refractivity contribution in [3.8, 4) is 0 Å². The highest BCUT2D eigenvalue weighted by Crippen LogP contribution is 2.67. The smallest absolute Gasteiger partial charge is 0.303 e. The minimum atomic E-state index is -1.02. The highest BCUT2D eigenvalue weighted by atomic mass is 16.6. The normalized spacial score (nSPS) is 43.8. The molecule has 1 N–H and O–H groups in total. The van der Waals surface area contributed by atoms with Crippen LogP contribution in [-0.4, -0.2) is 22.8 Å². The van der Waals surface area contributed by atoms with Crippen LogP contribution in [0.5, 0.6) is 0 Å². The maximum absolute atomic E-state index is 12.2. The third-order valence-electron chi connectivity index (χ3n) is 8.31. The molecule has 4 rings (SSSR count). The lowest BCUT2D eigenvalue weighted by molar-refractivity contribution is -0.290. The highest BCUT2D eigenvalue weighted by Gasteiger charge is 2.70. The summed E-state index contributed by atoms with van der Waals surface area (Å²) >= 11 is 0. The fourth-order valence-electron chi connectivity index (χ4n) is 6.99. The molecule has 26 heavy (non-hydrogen) atoms. The van der Waals surface area contributed by atoms with Gasteiger partial charge < -0.3 is 14.3 Å². The third kappa shape index (κ3) is 2.14.